The molecule has 1 aliphatic heterocycles. The van der Waals surface area contributed by atoms with Crippen LogP contribution in [0, 0.1) is 6.92 Å². The van der Waals surface area contributed by atoms with E-state index in [1.165, 1.54) is 5.56 Å². The van der Waals surface area contributed by atoms with Gasteiger partial charge in [-0.05, 0) is 43.2 Å². The van der Waals surface area contributed by atoms with Gasteiger partial charge in [-0.25, -0.2) is 4.21 Å². The second-order valence-electron chi connectivity index (χ2n) is 4.87. The molecule has 0 amide bonds. The Labute approximate surface area is 126 Å². The van der Waals surface area contributed by atoms with Gasteiger partial charge in [-0.15, -0.1) is 0 Å². The second kappa shape index (κ2) is 6.14. The van der Waals surface area contributed by atoms with Crippen molar-refractivity contribution in [2.45, 2.75) is 18.2 Å². The van der Waals surface area contributed by atoms with Crippen molar-refractivity contribution >= 4 is 10.8 Å². The zero-order chi connectivity index (χ0) is 14.7. The fourth-order valence-electron chi connectivity index (χ4n) is 2.09. The second-order valence-corrected chi connectivity index (χ2v) is 6.21. The summed E-state index contributed by atoms with van der Waals surface area (Å²) in [7, 11) is -1.10. The lowest BCUT2D eigenvalue weighted by molar-refractivity contribution is 0.174. The highest BCUT2D eigenvalue weighted by Crippen LogP contribution is 2.32. The van der Waals surface area contributed by atoms with E-state index in [4.69, 9.17) is 9.47 Å². The van der Waals surface area contributed by atoms with Gasteiger partial charge in [0.15, 0.2) is 11.5 Å². The number of rotatable bonds is 4. The summed E-state index contributed by atoms with van der Waals surface area (Å²) in [5.41, 5.74) is 2.27. The lowest BCUT2D eigenvalue weighted by Crippen LogP contribution is -1.92. The molecule has 0 saturated carbocycles. The van der Waals surface area contributed by atoms with E-state index in [-0.39, 0.29) is 6.79 Å². The maximum absolute atomic E-state index is 12.1. The van der Waals surface area contributed by atoms with Gasteiger partial charge in [-0.1, -0.05) is 29.8 Å². The van der Waals surface area contributed by atoms with Crippen LogP contribution in [0.15, 0.2) is 58.8 Å². The molecule has 0 N–H and O–H groups in total. The Hall–Kier alpha value is -2.07. The Morgan fingerprint density at radius 3 is 2.67 bits per heavy atom. The summed E-state index contributed by atoms with van der Waals surface area (Å²) in [5, 5.41) is 1.73. The summed E-state index contributed by atoms with van der Waals surface area (Å²) in [5.74, 6) is 1.56. The van der Waals surface area contributed by atoms with Crippen molar-refractivity contribution in [2.24, 2.45) is 0 Å². The number of benzene rings is 2. The predicted octanol–water partition coefficient (Wildman–Crippen LogP) is 3.59. The highest BCUT2D eigenvalue weighted by molar-refractivity contribution is 7.88. The number of hydrogen-bond acceptors (Lipinski definition) is 3. The first kappa shape index (κ1) is 13.9. The SMILES string of the molecule is Cc1ccc([S@](=O)/C=C\Cc2ccc3c(c2)OCO3)cc1. The van der Waals surface area contributed by atoms with Crippen LogP contribution in [0.5, 0.6) is 11.5 Å². The van der Waals surface area contributed by atoms with Crippen LogP contribution in [0.4, 0.5) is 0 Å². The Morgan fingerprint density at radius 2 is 1.86 bits per heavy atom. The topological polar surface area (TPSA) is 35.5 Å². The lowest BCUT2D eigenvalue weighted by Gasteiger charge is -2.00. The molecule has 0 radical (unpaired) electrons. The monoisotopic (exact) mass is 300 g/mol. The molecular weight excluding hydrogens is 284 g/mol. The van der Waals surface area contributed by atoms with Crippen LogP contribution >= 0.6 is 0 Å². The van der Waals surface area contributed by atoms with Gasteiger partial charge in [-0.2, -0.15) is 0 Å². The summed E-state index contributed by atoms with van der Waals surface area (Å²) >= 11 is 0. The maximum atomic E-state index is 12.1. The van der Waals surface area contributed by atoms with Gasteiger partial charge in [0.05, 0.1) is 10.8 Å². The molecule has 3 nitrogen and oxygen atoms in total. The normalized spacial score (nSPS) is 14.5. The van der Waals surface area contributed by atoms with E-state index in [0.717, 1.165) is 22.0 Å². The van der Waals surface area contributed by atoms with E-state index in [2.05, 4.69) is 0 Å². The van der Waals surface area contributed by atoms with Crippen LogP contribution in [0.3, 0.4) is 0 Å². The van der Waals surface area contributed by atoms with Crippen molar-refractivity contribution in [3.05, 3.63) is 65.1 Å². The maximum Gasteiger partial charge on any atom is 0.231 e. The first-order valence-corrected chi connectivity index (χ1v) is 7.96. The van der Waals surface area contributed by atoms with Crippen molar-refractivity contribution in [3.8, 4) is 11.5 Å². The van der Waals surface area contributed by atoms with Crippen LogP contribution in [0.25, 0.3) is 0 Å². The molecular formula is C17H16O3S. The first-order chi connectivity index (χ1) is 10.2. The van der Waals surface area contributed by atoms with Crippen LogP contribution < -0.4 is 9.47 Å². The average Bonchev–Trinajstić information content (AvgIpc) is 2.95. The summed E-state index contributed by atoms with van der Waals surface area (Å²) in [6.45, 7) is 2.30. The van der Waals surface area contributed by atoms with Gasteiger partial charge in [0.25, 0.3) is 0 Å². The Balaban J connectivity index is 1.64. The Bertz CT molecular complexity index is 690. The van der Waals surface area contributed by atoms with Crippen molar-refractivity contribution in [3.63, 3.8) is 0 Å². The molecule has 0 aromatic heterocycles. The average molecular weight is 300 g/mol. The number of fused-ring (bicyclic) bond motifs is 1. The van der Waals surface area contributed by atoms with Gasteiger partial charge in [0, 0.05) is 10.3 Å². The molecule has 2 aromatic carbocycles. The molecule has 21 heavy (non-hydrogen) atoms. The van der Waals surface area contributed by atoms with Crippen molar-refractivity contribution in [1.82, 2.24) is 0 Å². The molecule has 4 heteroatoms. The molecule has 108 valence electrons. The standard InChI is InChI=1S/C17H16O3S/c1-13-4-7-15(8-5-13)21(18)10-2-3-14-6-9-16-17(11-14)20-12-19-16/h2,4-11H,3,12H2,1H3/b10-2-/t21-/m1/s1. The Morgan fingerprint density at radius 1 is 1.10 bits per heavy atom. The number of allylic oxidation sites excluding steroid dienone is 1. The van der Waals surface area contributed by atoms with E-state index in [9.17, 15) is 4.21 Å². The van der Waals surface area contributed by atoms with Gasteiger partial charge in [0.2, 0.25) is 6.79 Å². The van der Waals surface area contributed by atoms with Gasteiger partial charge < -0.3 is 9.47 Å². The minimum Gasteiger partial charge on any atom is -0.454 e. The third-order valence-electron chi connectivity index (χ3n) is 3.26. The highest BCUT2D eigenvalue weighted by atomic mass is 32.2. The minimum atomic E-state index is -1.10. The van der Waals surface area contributed by atoms with E-state index in [1.807, 2.05) is 55.5 Å². The molecule has 1 aliphatic rings. The summed E-state index contributed by atoms with van der Waals surface area (Å²) in [6, 6.07) is 13.6. The zero-order valence-electron chi connectivity index (χ0n) is 11.7. The molecule has 0 aliphatic carbocycles. The van der Waals surface area contributed by atoms with Crippen LogP contribution in [0.2, 0.25) is 0 Å². The molecule has 0 fully saturated rings. The van der Waals surface area contributed by atoms with Gasteiger partial charge in [-0.3, -0.25) is 0 Å². The van der Waals surface area contributed by atoms with Crippen LogP contribution in [-0.2, 0) is 17.2 Å². The van der Waals surface area contributed by atoms with Crippen molar-refractivity contribution < 1.29 is 13.7 Å². The Kier molecular flexibility index (Phi) is 4.06. The molecule has 1 heterocycles. The predicted molar refractivity (Wildman–Crippen MR) is 83.0 cm³/mol. The first-order valence-electron chi connectivity index (χ1n) is 6.75. The van der Waals surface area contributed by atoms with E-state index in [1.54, 1.807) is 5.41 Å². The molecule has 0 spiro atoms. The van der Waals surface area contributed by atoms with Crippen LogP contribution in [-0.4, -0.2) is 11.0 Å². The highest BCUT2D eigenvalue weighted by Gasteiger charge is 2.12. The quantitative estimate of drug-likeness (QED) is 0.865. The minimum absolute atomic E-state index is 0.284. The molecule has 3 rings (SSSR count). The third kappa shape index (κ3) is 3.34. The molecule has 0 bridgehead atoms. The number of ether oxygens (including phenoxy) is 2. The number of aryl methyl sites for hydroxylation is 1. The van der Waals surface area contributed by atoms with E-state index in [0.29, 0.717) is 6.42 Å². The molecule has 1 atom stereocenters. The fourth-order valence-corrected chi connectivity index (χ4v) is 2.92. The lowest BCUT2D eigenvalue weighted by atomic mass is 10.1. The van der Waals surface area contributed by atoms with Crippen molar-refractivity contribution in [2.75, 3.05) is 6.79 Å². The molecule has 0 unspecified atom stereocenters. The summed E-state index contributed by atoms with van der Waals surface area (Å²) in [4.78, 5) is 0.822. The van der Waals surface area contributed by atoms with Crippen molar-refractivity contribution in [1.29, 1.82) is 0 Å². The number of hydrogen-bond donors (Lipinski definition) is 0. The van der Waals surface area contributed by atoms with Gasteiger partial charge in [0.1, 0.15) is 0 Å². The zero-order valence-corrected chi connectivity index (χ0v) is 12.6. The fraction of sp³-hybridized carbons (Fsp3) is 0.176. The van der Waals surface area contributed by atoms with Gasteiger partial charge >= 0.3 is 0 Å². The smallest absolute Gasteiger partial charge is 0.231 e. The largest absolute Gasteiger partial charge is 0.454 e. The molecule has 0 saturated heterocycles. The third-order valence-corrected chi connectivity index (χ3v) is 4.44. The van der Waals surface area contributed by atoms with E-state index < -0.39 is 10.8 Å². The molecule has 2 aromatic rings. The van der Waals surface area contributed by atoms with E-state index >= 15 is 0 Å². The van der Waals surface area contributed by atoms with Crippen LogP contribution in [0.1, 0.15) is 11.1 Å². The summed E-state index contributed by atoms with van der Waals surface area (Å²) < 4.78 is 22.7. The summed E-state index contributed by atoms with van der Waals surface area (Å²) in [6.07, 6.45) is 2.64.